The molecule has 1 rings (SSSR count). The molecule has 2 nitrogen and oxygen atoms in total. The van der Waals surface area contributed by atoms with E-state index in [1.165, 1.54) is 5.56 Å². The third-order valence-corrected chi connectivity index (χ3v) is 4.21. The highest BCUT2D eigenvalue weighted by Gasteiger charge is 2.20. The van der Waals surface area contributed by atoms with Gasteiger partial charge in [0.05, 0.1) is 5.02 Å². The number of nitrogens with two attached hydrogens (primary N) is 1. The maximum absolute atomic E-state index is 6.14. The summed E-state index contributed by atoms with van der Waals surface area (Å²) in [6.45, 7) is 8.11. The van der Waals surface area contributed by atoms with Crippen molar-refractivity contribution in [2.24, 2.45) is 5.73 Å². The molecule has 0 bridgehead atoms. The highest BCUT2D eigenvalue weighted by molar-refractivity contribution is 9.10. The lowest BCUT2D eigenvalue weighted by Gasteiger charge is -2.33. The zero-order chi connectivity index (χ0) is 13.0. The second kappa shape index (κ2) is 6.74. The monoisotopic (exact) mass is 318 g/mol. The lowest BCUT2D eigenvalue weighted by molar-refractivity contribution is 0.166. The van der Waals surface area contributed by atoms with E-state index in [1.807, 2.05) is 12.1 Å². The smallest absolute Gasteiger partial charge is 0.0551 e. The van der Waals surface area contributed by atoms with Crippen LogP contribution in [-0.2, 0) is 0 Å². The molecule has 2 N–H and O–H groups in total. The molecular formula is C13H20BrClN2. The molecule has 0 spiro atoms. The Hall–Kier alpha value is -0.0900. The van der Waals surface area contributed by atoms with Crippen molar-refractivity contribution in [2.45, 2.75) is 32.9 Å². The number of likely N-dealkylation sites (N-methyl/N-ethyl adjacent to an activating group) is 1. The third kappa shape index (κ3) is 3.68. The molecule has 1 atom stereocenters. The molecule has 1 unspecified atom stereocenters. The minimum absolute atomic E-state index is 0.227. The molecule has 0 aliphatic heterocycles. The Labute approximate surface area is 117 Å². The molecule has 4 heteroatoms. The predicted octanol–water partition coefficient (Wildman–Crippen LogP) is 3.83. The van der Waals surface area contributed by atoms with Gasteiger partial charge in [0, 0.05) is 23.1 Å². The van der Waals surface area contributed by atoms with Crippen LogP contribution in [0, 0.1) is 0 Å². The molecule has 0 heterocycles. The number of hydrogen-bond donors (Lipinski definition) is 1. The van der Waals surface area contributed by atoms with E-state index in [2.05, 4.69) is 47.7 Å². The molecule has 1 aromatic carbocycles. The van der Waals surface area contributed by atoms with E-state index in [-0.39, 0.29) is 6.04 Å². The Morgan fingerprint density at radius 2 is 2.06 bits per heavy atom. The van der Waals surface area contributed by atoms with Crippen molar-refractivity contribution in [2.75, 3.05) is 13.1 Å². The number of hydrogen-bond acceptors (Lipinski definition) is 2. The maximum Gasteiger partial charge on any atom is 0.0551 e. The van der Waals surface area contributed by atoms with Gasteiger partial charge in [0.15, 0.2) is 0 Å². The van der Waals surface area contributed by atoms with E-state index < -0.39 is 0 Å². The molecule has 0 saturated carbocycles. The Bertz CT molecular complexity index is 368. The minimum atomic E-state index is 0.227. The number of halogens is 2. The largest absolute Gasteiger partial charge is 0.329 e. The quantitative estimate of drug-likeness (QED) is 0.893. The van der Waals surface area contributed by atoms with Crippen molar-refractivity contribution in [3.05, 3.63) is 33.3 Å². The van der Waals surface area contributed by atoms with E-state index in [9.17, 15) is 0 Å². The van der Waals surface area contributed by atoms with Crippen molar-refractivity contribution < 1.29 is 0 Å². The predicted molar refractivity (Wildman–Crippen MR) is 78.5 cm³/mol. The highest BCUT2D eigenvalue weighted by atomic mass is 79.9. The molecule has 0 aliphatic carbocycles. The van der Waals surface area contributed by atoms with Gasteiger partial charge in [-0.25, -0.2) is 0 Å². The zero-order valence-electron chi connectivity index (χ0n) is 10.6. The minimum Gasteiger partial charge on any atom is -0.329 e. The number of benzene rings is 1. The summed E-state index contributed by atoms with van der Waals surface area (Å²) in [5, 5.41) is 0.737. The highest BCUT2D eigenvalue weighted by Crippen LogP contribution is 2.29. The fourth-order valence-corrected chi connectivity index (χ4v) is 2.56. The van der Waals surface area contributed by atoms with Crippen LogP contribution in [-0.4, -0.2) is 24.0 Å². The second-order valence-corrected chi connectivity index (χ2v) is 5.61. The number of nitrogens with zero attached hydrogens (tertiary/aromatic N) is 1. The molecule has 96 valence electrons. The van der Waals surface area contributed by atoms with E-state index in [0.29, 0.717) is 12.6 Å². The summed E-state index contributed by atoms with van der Waals surface area (Å²) in [6.07, 6.45) is 0. The Kier molecular flexibility index (Phi) is 5.93. The average Bonchev–Trinajstić information content (AvgIpc) is 2.29. The van der Waals surface area contributed by atoms with Gasteiger partial charge in [0.1, 0.15) is 0 Å². The van der Waals surface area contributed by atoms with E-state index >= 15 is 0 Å². The molecule has 0 amide bonds. The molecule has 0 saturated heterocycles. The van der Waals surface area contributed by atoms with Gasteiger partial charge in [-0.05, 0) is 54.0 Å². The molecule has 17 heavy (non-hydrogen) atoms. The van der Waals surface area contributed by atoms with Gasteiger partial charge in [-0.15, -0.1) is 0 Å². The van der Waals surface area contributed by atoms with Gasteiger partial charge in [-0.1, -0.05) is 24.6 Å². The normalized spacial score (nSPS) is 13.4. The summed E-state index contributed by atoms with van der Waals surface area (Å²) >= 11 is 9.54. The summed E-state index contributed by atoms with van der Waals surface area (Å²) in [7, 11) is 0. The topological polar surface area (TPSA) is 29.3 Å². The fourth-order valence-electron chi connectivity index (χ4n) is 2.13. The van der Waals surface area contributed by atoms with Gasteiger partial charge < -0.3 is 5.73 Å². The molecule has 0 aliphatic rings. The molecule has 0 fully saturated rings. The van der Waals surface area contributed by atoms with Gasteiger partial charge >= 0.3 is 0 Å². The van der Waals surface area contributed by atoms with Crippen LogP contribution in [0.2, 0.25) is 5.02 Å². The van der Waals surface area contributed by atoms with Crippen LogP contribution in [0.5, 0.6) is 0 Å². The van der Waals surface area contributed by atoms with Gasteiger partial charge in [-0.3, -0.25) is 4.90 Å². The molecule has 1 aromatic rings. The average molecular weight is 320 g/mol. The summed E-state index contributed by atoms with van der Waals surface area (Å²) in [6, 6.07) is 6.75. The van der Waals surface area contributed by atoms with Crippen LogP contribution in [0.25, 0.3) is 0 Å². The van der Waals surface area contributed by atoms with Crippen LogP contribution in [0.3, 0.4) is 0 Å². The first kappa shape index (κ1) is 15.0. The molecule has 0 aromatic heterocycles. The summed E-state index contributed by atoms with van der Waals surface area (Å²) in [4.78, 5) is 2.37. The first-order valence-corrected chi connectivity index (χ1v) is 7.09. The van der Waals surface area contributed by atoms with Crippen LogP contribution in [0.4, 0.5) is 0 Å². The maximum atomic E-state index is 6.14. The van der Waals surface area contributed by atoms with Crippen molar-refractivity contribution in [1.29, 1.82) is 0 Å². The van der Waals surface area contributed by atoms with Gasteiger partial charge in [-0.2, -0.15) is 0 Å². The van der Waals surface area contributed by atoms with E-state index in [4.69, 9.17) is 17.3 Å². The zero-order valence-corrected chi connectivity index (χ0v) is 12.9. The van der Waals surface area contributed by atoms with Crippen molar-refractivity contribution >= 4 is 27.5 Å². The lowest BCUT2D eigenvalue weighted by atomic mass is 10.0. The Balaban J connectivity index is 3.03. The van der Waals surface area contributed by atoms with Gasteiger partial charge in [0.25, 0.3) is 0 Å². The number of rotatable bonds is 5. The molecule has 0 radical (unpaired) electrons. The van der Waals surface area contributed by atoms with Crippen molar-refractivity contribution in [3.63, 3.8) is 0 Å². The second-order valence-electron chi connectivity index (χ2n) is 4.35. The van der Waals surface area contributed by atoms with Crippen molar-refractivity contribution in [3.8, 4) is 0 Å². The van der Waals surface area contributed by atoms with Gasteiger partial charge in [0.2, 0.25) is 0 Å². The fraction of sp³-hybridized carbons (Fsp3) is 0.538. The third-order valence-electron chi connectivity index (χ3n) is 2.98. The van der Waals surface area contributed by atoms with Crippen LogP contribution in [0.15, 0.2) is 22.7 Å². The van der Waals surface area contributed by atoms with E-state index in [1.54, 1.807) is 0 Å². The SMILES string of the molecule is CCN(C(C)C)C(CN)c1ccc(Br)c(Cl)c1. The first-order chi connectivity index (χ1) is 8.01. The molecular weight excluding hydrogens is 300 g/mol. The summed E-state index contributed by atoms with van der Waals surface area (Å²) in [5.41, 5.74) is 7.09. The van der Waals surface area contributed by atoms with Crippen LogP contribution in [0.1, 0.15) is 32.4 Å². The van der Waals surface area contributed by atoms with Crippen LogP contribution < -0.4 is 5.73 Å². The van der Waals surface area contributed by atoms with Crippen molar-refractivity contribution in [1.82, 2.24) is 4.90 Å². The Morgan fingerprint density at radius 1 is 1.41 bits per heavy atom. The standard InChI is InChI=1S/C13H20BrClN2/c1-4-17(9(2)3)13(8-16)10-5-6-11(14)12(15)7-10/h5-7,9,13H,4,8,16H2,1-3H3. The van der Waals surface area contributed by atoms with E-state index in [0.717, 1.165) is 16.0 Å². The lowest BCUT2D eigenvalue weighted by Crippen LogP contribution is -2.38. The first-order valence-electron chi connectivity index (χ1n) is 5.92. The van der Waals surface area contributed by atoms with Crippen LogP contribution >= 0.6 is 27.5 Å². The summed E-state index contributed by atoms with van der Waals surface area (Å²) in [5.74, 6) is 0. The summed E-state index contributed by atoms with van der Waals surface area (Å²) < 4.78 is 0.922. The Morgan fingerprint density at radius 3 is 2.47 bits per heavy atom.